The second-order valence-corrected chi connectivity index (χ2v) is 27.7. The number of hydrogen-bond donors (Lipinski definition) is 0. The van der Waals surface area contributed by atoms with E-state index in [1.54, 1.807) is 0 Å². The van der Waals surface area contributed by atoms with E-state index in [0.717, 1.165) is 30.5 Å². The van der Waals surface area contributed by atoms with Crippen molar-refractivity contribution in [3.05, 3.63) is 227 Å². The first-order valence-corrected chi connectivity index (χ1v) is 30.1. The van der Waals surface area contributed by atoms with Crippen LogP contribution in [-0.4, -0.2) is 12.3 Å². The molecule has 8 aromatic carbocycles. The van der Waals surface area contributed by atoms with Crippen LogP contribution in [0.4, 0.5) is 45.5 Å². The Morgan fingerprint density at radius 1 is 0.506 bits per heavy atom. The van der Waals surface area contributed by atoms with Crippen LogP contribution in [0.5, 0.6) is 0 Å². The van der Waals surface area contributed by atoms with Gasteiger partial charge in [0.15, 0.2) is 0 Å². The van der Waals surface area contributed by atoms with Gasteiger partial charge in [-0.3, -0.25) is 0 Å². The number of hydrogen-bond acceptors (Lipinski definition) is 3. The molecule has 3 unspecified atom stereocenters. The van der Waals surface area contributed by atoms with E-state index in [0.29, 0.717) is 5.92 Å². The molecule has 8 aromatic rings. The van der Waals surface area contributed by atoms with Gasteiger partial charge in [0.2, 0.25) is 0 Å². The van der Waals surface area contributed by atoms with Gasteiger partial charge in [0, 0.05) is 50.8 Å². The summed E-state index contributed by atoms with van der Waals surface area (Å²) in [6.45, 7) is 26.7. The van der Waals surface area contributed by atoms with Gasteiger partial charge < -0.3 is 14.7 Å². The van der Waals surface area contributed by atoms with Crippen molar-refractivity contribution in [3.8, 4) is 22.3 Å². The van der Waals surface area contributed by atoms with E-state index in [1.165, 1.54) is 131 Å². The third-order valence-electron chi connectivity index (χ3n) is 20.3. The molecule has 6 aliphatic rings. The molecule has 0 bridgehead atoms. The molecule has 3 heterocycles. The lowest BCUT2D eigenvalue weighted by Crippen LogP contribution is -2.62. The van der Waals surface area contributed by atoms with Crippen LogP contribution in [0.25, 0.3) is 27.8 Å². The van der Waals surface area contributed by atoms with Gasteiger partial charge in [-0.1, -0.05) is 203 Å². The zero-order valence-corrected chi connectivity index (χ0v) is 49.6. The second-order valence-electron chi connectivity index (χ2n) is 27.7. The van der Waals surface area contributed by atoms with Gasteiger partial charge in [0.1, 0.15) is 0 Å². The maximum absolute atomic E-state index is 3.39. The van der Waals surface area contributed by atoms with Crippen LogP contribution in [0.1, 0.15) is 154 Å². The average molecular weight is 1050 g/mol. The molecule has 0 amide bonds. The van der Waals surface area contributed by atoms with E-state index >= 15 is 0 Å². The number of nitrogens with zero attached hydrogens (tertiary/aromatic N) is 3. The predicted molar refractivity (Wildman–Crippen MR) is 346 cm³/mol. The quantitative estimate of drug-likeness (QED) is 0.121. The molecule has 0 radical (unpaired) electrons. The number of fused-ring (bicyclic) bond motifs is 8. The van der Waals surface area contributed by atoms with Crippen LogP contribution < -0.4 is 31.1 Å². The minimum Gasteiger partial charge on any atom is -0.334 e. The van der Waals surface area contributed by atoms with Crippen LogP contribution in [0.15, 0.2) is 193 Å². The van der Waals surface area contributed by atoms with Gasteiger partial charge in [0.05, 0.1) is 11.2 Å². The summed E-state index contributed by atoms with van der Waals surface area (Å²) < 4.78 is 0. The summed E-state index contributed by atoms with van der Waals surface area (Å²) in [5.74, 6) is 0.424. The minimum atomic E-state index is -0.192. The van der Waals surface area contributed by atoms with Crippen LogP contribution in [-0.2, 0) is 21.7 Å². The smallest absolute Gasteiger partial charge is 0.252 e. The van der Waals surface area contributed by atoms with E-state index < -0.39 is 0 Å². The highest BCUT2D eigenvalue weighted by molar-refractivity contribution is 7.00. The van der Waals surface area contributed by atoms with Gasteiger partial charge in [-0.15, -0.1) is 0 Å². The molecular weight excluding hydrogens is 978 g/mol. The van der Waals surface area contributed by atoms with E-state index in [1.807, 2.05) is 6.08 Å². The summed E-state index contributed by atoms with van der Waals surface area (Å²) in [5, 5.41) is 0. The molecule has 0 N–H and O–H groups in total. The summed E-state index contributed by atoms with van der Waals surface area (Å²) in [4.78, 5) is 8.23. The van der Waals surface area contributed by atoms with Crippen molar-refractivity contribution in [1.29, 1.82) is 0 Å². The molecule has 3 atom stereocenters. The predicted octanol–water partition coefficient (Wildman–Crippen LogP) is 18.9. The molecular formula is C77H76BN3. The zero-order chi connectivity index (χ0) is 56.0. The van der Waals surface area contributed by atoms with Crippen molar-refractivity contribution in [3.63, 3.8) is 0 Å². The SMILES string of the molecule is CC1CCC(C)(C)c2cc3c(cc21)N(c1ccc(C(C)(C)C)cc1C1=CC=C=C=C1)c1cc(N2c4ccc(C(C)(C)C)cc4C4(C)CCCCC24C)cc2c1B3c1ccc(-c3ccccc3)cc1N2c1cccc(-c2ccccc2)c1. The molecule has 0 spiro atoms. The van der Waals surface area contributed by atoms with Crippen molar-refractivity contribution >= 4 is 74.2 Å². The molecule has 402 valence electrons. The normalized spacial score (nSPS) is 21.0. The fourth-order valence-electron chi connectivity index (χ4n) is 15.4. The van der Waals surface area contributed by atoms with E-state index in [4.69, 9.17) is 0 Å². The largest absolute Gasteiger partial charge is 0.334 e. The van der Waals surface area contributed by atoms with Crippen molar-refractivity contribution in [2.24, 2.45) is 0 Å². The molecule has 4 heteroatoms. The lowest BCUT2D eigenvalue weighted by molar-refractivity contribution is 0.195. The summed E-state index contributed by atoms with van der Waals surface area (Å²) in [6, 6.07) is 64.2. The fraction of sp³-hybridized carbons (Fsp3) is 0.299. The topological polar surface area (TPSA) is 9.72 Å². The van der Waals surface area contributed by atoms with Crippen molar-refractivity contribution < 1.29 is 0 Å². The summed E-state index contributed by atoms with van der Waals surface area (Å²) in [5.41, 5.74) is 34.6. The first-order valence-electron chi connectivity index (χ1n) is 30.1. The number of anilines is 8. The Morgan fingerprint density at radius 2 is 1.15 bits per heavy atom. The summed E-state index contributed by atoms with van der Waals surface area (Å²) in [6.07, 6.45) is 13.4. The molecule has 81 heavy (non-hydrogen) atoms. The lowest BCUT2D eigenvalue weighted by atomic mass is 9.33. The fourth-order valence-corrected chi connectivity index (χ4v) is 15.4. The van der Waals surface area contributed by atoms with Gasteiger partial charge in [0.25, 0.3) is 6.71 Å². The summed E-state index contributed by atoms with van der Waals surface area (Å²) in [7, 11) is 0. The Balaban J connectivity index is 1.14. The molecule has 3 nitrogen and oxygen atoms in total. The molecule has 0 saturated heterocycles. The summed E-state index contributed by atoms with van der Waals surface area (Å²) >= 11 is 0. The van der Waals surface area contributed by atoms with Gasteiger partial charge in [-0.05, 0) is 200 Å². The Morgan fingerprint density at radius 3 is 1.84 bits per heavy atom. The van der Waals surface area contributed by atoms with Crippen LogP contribution >= 0.6 is 0 Å². The zero-order valence-electron chi connectivity index (χ0n) is 49.6. The maximum Gasteiger partial charge on any atom is 0.252 e. The standard InChI is InChI=1S/C77H76BN3/c1-50-38-41-75(8,9)62-49-65-69(48-60(50)62)80(66-36-33-56(73(2,3)4)44-61(66)53-28-19-14-20-29-53)71-47-59(81-67-37-34-57(74(5,6)7)45-63(67)76(10)39-21-22-40-77(76,81)11)46-70-72(71)78(65)64-35-32-55(52-26-17-13-18-27-52)43-68(64)79(70)58-31-23-30-54(42-58)51-24-15-12-16-25-51/h12-13,15-19,23-37,42-50H,21-22,38-41H2,1-11H3. The highest BCUT2D eigenvalue weighted by Crippen LogP contribution is 2.63. The highest BCUT2D eigenvalue weighted by atomic mass is 15.3. The molecule has 3 aliphatic carbocycles. The number of allylic oxidation sites excluding steroid dienone is 4. The van der Waals surface area contributed by atoms with Crippen LogP contribution in [0.3, 0.4) is 0 Å². The van der Waals surface area contributed by atoms with Crippen LogP contribution in [0, 0.1) is 0 Å². The van der Waals surface area contributed by atoms with Gasteiger partial charge in [-0.25, -0.2) is 0 Å². The Labute approximate surface area is 483 Å². The number of benzene rings is 8. The number of rotatable bonds is 6. The van der Waals surface area contributed by atoms with Crippen LogP contribution in [0.2, 0.25) is 0 Å². The third kappa shape index (κ3) is 7.99. The third-order valence-corrected chi connectivity index (χ3v) is 20.3. The van der Waals surface area contributed by atoms with Crippen molar-refractivity contribution in [1.82, 2.24) is 0 Å². The first kappa shape index (κ1) is 51.4. The Hall–Kier alpha value is -7.74. The Bertz CT molecular complexity index is 4040. The van der Waals surface area contributed by atoms with E-state index in [2.05, 4.69) is 278 Å². The highest BCUT2D eigenvalue weighted by Gasteiger charge is 2.58. The molecule has 14 rings (SSSR count). The Kier molecular flexibility index (Phi) is 11.7. The first-order chi connectivity index (χ1) is 38.8. The van der Waals surface area contributed by atoms with Gasteiger partial charge >= 0.3 is 0 Å². The van der Waals surface area contributed by atoms with Crippen molar-refractivity contribution in [2.75, 3.05) is 14.7 Å². The average Bonchev–Trinajstić information content (AvgIpc) is 2.32. The molecule has 0 aromatic heterocycles. The molecule has 1 saturated carbocycles. The molecule has 3 aliphatic heterocycles. The monoisotopic (exact) mass is 1050 g/mol. The maximum atomic E-state index is 3.39. The van der Waals surface area contributed by atoms with Crippen molar-refractivity contribution in [2.45, 2.75) is 148 Å². The second kappa shape index (κ2) is 18.4. The lowest BCUT2D eigenvalue weighted by Gasteiger charge is -2.51. The van der Waals surface area contributed by atoms with E-state index in [-0.39, 0.29) is 33.9 Å². The molecule has 1 fully saturated rings. The van der Waals surface area contributed by atoms with E-state index in [9.17, 15) is 0 Å². The van der Waals surface area contributed by atoms with Gasteiger partial charge in [-0.2, -0.15) is 0 Å². The minimum absolute atomic E-state index is 0.0151.